The van der Waals surface area contributed by atoms with Gasteiger partial charge in [0, 0.05) is 19.4 Å². The highest BCUT2D eigenvalue weighted by Crippen LogP contribution is 2.43. The van der Waals surface area contributed by atoms with Gasteiger partial charge in [0.05, 0.1) is 13.2 Å². The number of ether oxygens (including phenoxy) is 2. The highest BCUT2D eigenvalue weighted by Gasteiger charge is 2.26. The zero-order chi connectivity index (χ0) is 67.2. The van der Waals surface area contributed by atoms with E-state index < -0.39 is 26.5 Å². The highest BCUT2D eigenvalue weighted by atomic mass is 31.2. The van der Waals surface area contributed by atoms with Crippen LogP contribution < -0.4 is 5.73 Å². The van der Waals surface area contributed by atoms with E-state index in [1.807, 2.05) is 0 Å². The Morgan fingerprint density at radius 2 is 0.559 bits per heavy atom. The lowest BCUT2D eigenvalue weighted by Gasteiger charge is -2.19. The fraction of sp³-hybridized carbons (Fsp3) is 0.904. The second-order valence-corrected chi connectivity index (χ2v) is 29.8. The van der Waals surface area contributed by atoms with Crippen LogP contribution >= 0.6 is 7.82 Å². The lowest BCUT2D eigenvalue weighted by molar-refractivity contribution is -0.161. The van der Waals surface area contributed by atoms with Crippen molar-refractivity contribution < 1.29 is 37.6 Å². The van der Waals surface area contributed by atoms with Crippen LogP contribution in [-0.4, -0.2) is 49.3 Å². The summed E-state index contributed by atoms with van der Waals surface area (Å²) < 4.78 is 33.3. The molecule has 0 bridgehead atoms. The molecule has 0 aromatic rings. The van der Waals surface area contributed by atoms with Gasteiger partial charge in [-0.1, -0.05) is 423 Å². The zero-order valence-electron chi connectivity index (χ0n) is 62.3. The Balaban J connectivity index is 3.72. The first-order chi connectivity index (χ1) is 45.8. The Kier molecular flexibility index (Phi) is 77.7. The summed E-state index contributed by atoms with van der Waals surface area (Å²) in [6.45, 7) is 3.83. The molecule has 0 heterocycles. The van der Waals surface area contributed by atoms with Gasteiger partial charge in [0.2, 0.25) is 0 Å². The minimum Gasteiger partial charge on any atom is -0.462 e. The summed E-state index contributed by atoms with van der Waals surface area (Å²) in [5.74, 6) is -0.798. The molecule has 0 amide bonds. The van der Waals surface area contributed by atoms with Gasteiger partial charge < -0.3 is 20.1 Å². The van der Waals surface area contributed by atoms with Gasteiger partial charge in [-0.15, -0.1) is 0 Å². The number of esters is 2. The maximum atomic E-state index is 12.8. The summed E-state index contributed by atoms with van der Waals surface area (Å²) in [5, 5.41) is 0. The predicted octanol–water partition coefficient (Wildman–Crippen LogP) is 27.8. The van der Waals surface area contributed by atoms with E-state index in [0.717, 1.165) is 44.9 Å². The minimum absolute atomic E-state index is 0.0572. The van der Waals surface area contributed by atoms with Gasteiger partial charge in [-0.2, -0.15) is 0 Å². The number of carbonyl (C=O) groups excluding carboxylic acids is 2. The minimum atomic E-state index is -4.39. The first-order valence-electron chi connectivity index (χ1n) is 41.5. The quantitative estimate of drug-likeness (QED) is 0.0264. The Hall–Kier alpha value is -1.77. The van der Waals surface area contributed by atoms with Crippen molar-refractivity contribution in [3.05, 3.63) is 36.5 Å². The van der Waals surface area contributed by atoms with Crippen molar-refractivity contribution in [2.45, 2.75) is 457 Å². The maximum absolute atomic E-state index is 12.8. The first-order valence-corrected chi connectivity index (χ1v) is 43.0. The molecule has 0 aliphatic heterocycles. The fourth-order valence-corrected chi connectivity index (χ4v) is 13.7. The van der Waals surface area contributed by atoms with E-state index in [4.69, 9.17) is 24.3 Å². The van der Waals surface area contributed by atoms with Crippen LogP contribution in [0, 0.1) is 0 Å². The van der Waals surface area contributed by atoms with E-state index in [-0.39, 0.29) is 38.6 Å². The molecular formula is C83H160NO8P. The van der Waals surface area contributed by atoms with Crippen molar-refractivity contribution in [1.29, 1.82) is 0 Å². The number of nitrogens with two attached hydrogens (primary N) is 1. The molecule has 0 aliphatic carbocycles. The number of hydrogen-bond donors (Lipinski definition) is 2. The zero-order valence-corrected chi connectivity index (χ0v) is 63.2. The number of phosphoric acid groups is 1. The molecule has 3 N–H and O–H groups in total. The number of carbonyl (C=O) groups is 2. The average molecular weight is 1330 g/mol. The molecular weight excluding hydrogens is 1170 g/mol. The molecule has 0 rings (SSSR count). The number of rotatable bonds is 80. The average Bonchev–Trinajstić information content (AvgIpc) is 3.49. The van der Waals surface area contributed by atoms with Crippen LogP contribution in [0.15, 0.2) is 36.5 Å². The van der Waals surface area contributed by atoms with Crippen molar-refractivity contribution in [2.24, 2.45) is 5.73 Å². The standard InChI is InChI=1S/C83H160NO8P/c1-3-5-7-9-11-13-15-17-19-21-23-25-27-29-31-33-35-36-37-38-39-40-41-42-43-44-46-48-50-52-54-56-58-60-62-64-66-68-70-72-74-76-83(86)92-81(80-91-93(87,88)90-78-77-84)79-89-82(85)75-73-71-69-67-65-63-61-59-57-55-53-51-49-47-45-34-32-30-28-26-24-22-20-18-16-14-12-10-8-6-4-2/h15,17,21,23,27,29,81H,3-14,16,18-20,22,24-26,28,30-80,84H2,1-2H3,(H,87,88)/b17-15-,23-21-,29-27-. The van der Waals surface area contributed by atoms with Crippen LogP contribution in [0.2, 0.25) is 0 Å². The Labute approximate surface area is 579 Å². The van der Waals surface area contributed by atoms with Gasteiger partial charge in [0.15, 0.2) is 6.10 Å². The lowest BCUT2D eigenvalue weighted by Crippen LogP contribution is -2.29. The Morgan fingerprint density at radius 1 is 0.323 bits per heavy atom. The largest absolute Gasteiger partial charge is 0.472 e. The van der Waals surface area contributed by atoms with Gasteiger partial charge in [-0.3, -0.25) is 18.6 Å². The third kappa shape index (κ3) is 79.1. The van der Waals surface area contributed by atoms with Crippen molar-refractivity contribution in [2.75, 3.05) is 26.4 Å². The predicted molar refractivity (Wildman–Crippen MR) is 404 cm³/mol. The number of phosphoric ester groups is 1. The van der Waals surface area contributed by atoms with Crippen LogP contribution in [0.25, 0.3) is 0 Å². The van der Waals surface area contributed by atoms with Crippen LogP contribution in [0.4, 0.5) is 0 Å². The molecule has 0 aromatic carbocycles. The van der Waals surface area contributed by atoms with Crippen molar-refractivity contribution in [3.8, 4) is 0 Å². The molecule has 550 valence electrons. The topological polar surface area (TPSA) is 134 Å². The summed E-state index contributed by atoms with van der Waals surface area (Å²) in [6.07, 6.45) is 102. The third-order valence-corrected chi connectivity index (χ3v) is 20.0. The second kappa shape index (κ2) is 79.2. The van der Waals surface area contributed by atoms with Crippen LogP contribution in [0.1, 0.15) is 450 Å². The summed E-state index contributed by atoms with van der Waals surface area (Å²) in [7, 11) is -4.39. The van der Waals surface area contributed by atoms with Crippen LogP contribution in [0.3, 0.4) is 0 Å². The van der Waals surface area contributed by atoms with E-state index >= 15 is 0 Å². The SMILES string of the molecule is CCCCCCC/C=C\C/C=C\C/C=C\CCCCCCCCCCCCCCCCCCCCCCCCCCCCC(=O)OC(COC(=O)CCCCCCCCCCCCCCCCCCCCCCCCCCCCCCCCC)COP(=O)(O)OCCN. The first kappa shape index (κ1) is 91.2. The summed E-state index contributed by atoms with van der Waals surface area (Å²) in [5.41, 5.74) is 5.42. The van der Waals surface area contributed by atoms with Crippen LogP contribution in [-0.2, 0) is 32.7 Å². The Morgan fingerprint density at radius 3 is 0.828 bits per heavy atom. The molecule has 10 heteroatoms. The van der Waals surface area contributed by atoms with E-state index in [0.29, 0.717) is 6.42 Å². The van der Waals surface area contributed by atoms with Gasteiger partial charge in [-0.05, 0) is 51.4 Å². The number of unbranched alkanes of at least 4 members (excludes halogenated alkanes) is 61. The van der Waals surface area contributed by atoms with Crippen molar-refractivity contribution in [1.82, 2.24) is 0 Å². The van der Waals surface area contributed by atoms with Crippen molar-refractivity contribution in [3.63, 3.8) is 0 Å². The number of hydrogen-bond acceptors (Lipinski definition) is 8. The summed E-state index contributed by atoms with van der Waals surface area (Å²) in [6, 6.07) is 0. The lowest BCUT2D eigenvalue weighted by atomic mass is 10.0. The van der Waals surface area contributed by atoms with Gasteiger partial charge in [-0.25, -0.2) is 4.57 Å². The smallest absolute Gasteiger partial charge is 0.462 e. The molecule has 2 atom stereocenters. The van der Waals surface area contributed by atoms with Crippen LogP contribution in [0.5, 0.6) is 0 Å². The van der Waals surface area contributed by atoms with E-state index in [1.54, 1.807) is 0 Å². The van der Waals surface area contributed by atoms with E-state index in [9.17, 15) is 19.0 Å². The monoisotopic (exact) mass is 1330 g/mol. The Bertz CT molecular complexity index is 1620. The molecule has 2 unspecified atom stereocenters. The normalized spacial score (nSPS) is 12.9. The maximum Gasteiger partial charge on any atom is 0.472 e. The number of allylic oxidation sites excluding steroid dienone is 6. The van der Waals surface area contributed by atoms with E-state index in [2.05, 4.69) is 50.3 Å². The summed E-state index contributed by atoms with van der Waals surface area (Å²) in [4.78, 5) is 35.5. The molecule has 0 saturated carbocycles. The highest BCUT2D eigenvalue weighted by molar-refractivity contribution is 7.47. The van der Waals surface area contributed by atoms with Gasteiger partial charge >= 0.3 is 19.8 Å². The third-order valence-electron chi connectivity index (χ3n) is 19.0. The fourth-order valence-electron chi connectivity index (χ4n) is 12.9. The van der Waals surface area contributed by atoms with E-state index in [1.165, 1.54) is 372 Å². The van der Waals surface area contributed by atoms with Gasteiger partial charge in [0.25, 0.3) is 0 Å². The molecule has 0 spiro atoms. The molecule has 0 radical (unpaired) electrons. The summed E-state index contributed by atoms with van der Waals surface area (Å²) >= 11 is 0. The molecule has 0 fully saturated rings. The molecule has 93 heavy (non-hydrogen) atoms. The molecule has 0 saturated heterocycles. The van der Waals surface area contributed by atoms with Gasteiger partial charge in [0.1, 0.15) is 6.61 Å². The second-order valence-electron chi connectivity index (χ2n) is 28.4. The molecule has 0 aliphatic rings. The molecule has 9 nitrogen and oxygen atoms in total. The molecule has 0 aromatic heterocycles. The van der Waals surface area contributed by atoms with Crippen molar-refractivity contribution >= 4 is 19.8 Å².